The predicted molar refractivity (Wildman–Crippen MR) is 400 cm³/mol. The van der Waals surface area contributed by atoms with Crippen LogP contribution in [0.5, 0.6) is 11.5 Å². The molecule has 2 heterocycles. The zero-order chi connectivity index (χ0) is 62.8. The highest BCUT2D eigenvalue weighted by atomic mass is 16.5. The molecule has 0 unspecified atom stereocenters. The summed E-state index contributed by atoms with van der Waals surface area (Å²) in [7, 11) is 0. The average molecular weight is 1220 g/mol. The highest BCUT2D eigenvalue weighted by Crippen LogP contribution is 2.36. The lowest BCUT2D eigenvalue weighted by molar-refractivity contribution is 0.304. The molecular formula is C88H98N2O2. The smallest absolute Gasteiger partial charge is 0.119 e. The Morgan fingerprint density at radius 1 is 0.250 bits per heavy atom. The molecule has 0 aliphatic rings. The van der Waals surface area contributed by atoms with Gasteiger partial charge in [0.2, 0.25) is 0 Å². The van der Waals surface area contributed by atoms with E-state index in [9.17, 15) is 0 Å². The molecule has 0 bridgehead atoms. The Morgan fingerprint density at radius 2 is 0.565 bits per heavy atom. The van der Waals surface area contributed by atoms with Crippen LogP contribution in [0.2, 0.25) is 0 Å². The SMILES string of the molecule is CCCCCCCCCCCCCCOc1cccc(/C=C/c2cc(/C=C/c3cccc(OCCCCCCCCCCCCCC)c3)cc(/C=C/c3ccc4c(c3)c3ccccc3n4-c3ccc(-c4ccc(-n5c6ccccc6c6ccccc65)cc4)cc3)c2)c1. The van der Waals surface area contributed by atoms with Crippen molar-refractivity contribution in [3.63, 3.8) is 0 Å². The van der Waals surface area contributed by atoms with Crippen LogP contribution in [0.3, 0.4) is 0 Å². The van der Waals surface area contributed by atoms with Gasteiger partial charge in [-0.3, -0.25) is 0 Å². The van der Waals surface area contributed by atoms with Crippen LogP contribution in [-0.2, 0) is 0 Å². The molecule has 0 N–H and O–H groups in total. The van der Waals surface area contributed by atoms with Crippen LogP contribution in [0.25, 0.3) is 103 Å². The number of hydrogen-bond acceptors (Lipinski definition) is 2. The Bertz CT molecular complexity index is 4000. The van der Waals surface area contributed by atoms with E-state index in [-0.39, 0.29) is 0 Å². The van der Waals surface area contributed by atoms with Crippen molar-refractivity contribution in [1.29, 1.82) is 0 Å². The highest BCUT2D eigenvalue weighted by molar-refractivity contribution is 6.10. The van der Waals surface area contributed by atoms with Gasteiger partial charge in [-0.15, -0.1) is 0 Å². The van der Waals surface area contributed by atoms with Gasteiger partial charge in [-0.1, -0.05) is 301 Å². The highest BCUT2D eigenvalue weighted by Gasteiger charge is 2.15. The minimum Gasteiger partial charge on any atom is -0.494 e. The second-order valence-electron chi connectivity index (χ2n) is 25.6. The predicted octanol–water partition coefficient (Wildman–Crippen LogP) is 26.2. The number of rotatable bonds is 37. The molecule has 0 aliphatic carbocycles. The van der Waals surface area contributed by atoms with E-state index >= 15 is 0 Å². The maximum atomic E-state index is 6.31. The first-order chi connectivity index (χ1) is 45.6. The molecule has 11 aromatic rings. The second-order valence-corrected chi connectivity index (χ2v) is 25.6. The average Bonchev–Trinajstić information content (AvgIpc) is 1.61. The molecule has 9 aromatic carbocycles. The first kappa shape index (κ1) is 64.9. The van der Waals surface area contributed by atoms with Gasteiger partial charge in [0.15, 0.2) is 0 Å². The van der Waals surface area contributed by atoms with Crippen LogP contribution >= 0.6 is 0 Å². The standard InChI is InChI=1S/C88H98N2O2/c1-3-5-7-9-11-13-15-17-19-21-23-31-61-91-79-37-33-35-69(66-79)45-48-72-63-73(49-46-70-36-34-38-80(67-70)92-62-32-24-22-20-18-16-14-12-10-8-6-4-2)65-74(64-72)50-47-71-51-60-88-84(68-71)83-41-27-30-44-87(83)90(88)78-58-54-76(55-59-78)75-52-56-77(57-53-75)89-85-42-28-25-39-81(85)82-40-26-29-43-86(82)89/h25-30,33-60,63-68H,3-24,31-32,61-62H2,1-2H3/b48-45+,49-46+,50-47+. The molecule has 0 fully saturated rings. The third-order valence-corrected chi connectivity index (χ3v) is 18.5. The molecule has 0 radical (unpaired) electrons. The normalized spacial score (nSPS) is 11.9. The molecular weight excluding hydrogens is 1120 g/mol. The summed E-state index contributed by atoms with van der Waals surface area (Å²) >= 11 is 0. The summed E-state index contributed by atoms with van der Waals surface area (Å²) in [6.07, 6.45) is 45.6. The zero-order valence-electron chi connectivity index (χ0n) is 55.2. The first-order valence-electron chi connectivity index (χ1n) is 35.5. The van der Waals surface area contributed by atoms with Gasteiger partial charge in [-0.05, 0) is 154 Å². The van der Waals surface area contributed by atoms with E-state index in [1.54, 1.807) is 0 Å². The summed E-state index contributed by atoms with van der Waals surface area (Å²) in [5.74, 6) is 1.87. The van der Waals surface area contributed by atoms with Crippen LogP contribution in [0.15, 0.2) is 206 Å². The fraction of sp³-hybridized carbons (Fsp3) is 0.318. The van der Waals surface area contributed by atoms with E-state index in [0.29, 0.717) is 0 Å². The fourth-order valence-corrected chi connectivity index (χ4v) is 13.4. The largest absolute Gasteiger partial charge is 0.494 e. The van der Waals surface area contributed by atoms with Crippen molar-refractivity contribution >= 4 is 80.1 Å². The molecule has 0 amide bonds. The van der Waals surface area contributed by atoms with Crippen molar-refractivity contribution in [3.8, 4) is 34.0 Å². The fourth-order valence-electron chi connectivity index (χ4n) is 13.4. The lowest BCUT2D eigenvalue weighted by Crippen LogP contribution is -1.97. The summed E-state index contributed by atoms with van der Waals surface area (Å²) in [6.45, 7) is 6.11. The maximum absolute atomic E-state index is 6.31. The minimum atomic E-state index is 0.759. The van der Waals surface area contributed by atoms with E-state index in [1.807, 2.05) is 0 Å². The summed E-state index contributed by atoms with van der Waals surface area (Å²) < 4.78 is 17.4. The van der Waals surface area contributed by atoms with Gasteiger partial charge in [0, 0.05) is 32.9 Å². The number of fused-ring (bicyclic) bond motifs is 6. The Kier molecular flexibility index (Phi) is 24.5. The van der Waals surface area contributed by atoms with E-state index in [0.717, 1.165) is 82.3 Å². The number of aromatic nitrogens is 2. The minimum absolute atomic E-state index is 0.759. The molecule has 0 spiro atoms. The van der Waals surface area contributed by atoms with Gasteiger partial charge in [-0.25, -0.2) is 0 Å². The van der Waals surface area contributed by atoms with Crippen molar-refractivity contribution in [1.82, 2.24) is 9.13 Å². The molecule has 0 aliphatic heterocycles. The first-order valence-corrected chi connectivity index (χ1v) is 35.5. The lowest BCUT2D eigenvalue weighted by atomic mass is 10.0. The van der Waals surface area contributed by atoms with Crippen molar-refractivity contribution in [3.05, 3.63) is 240 Å². The number of hydrogen-bond donors (Lipinski definition) is 0. The lowest BCUT2D eigenvalue weighted by Gasteiger charge is -2.11. The third-order valence-electron chi connectivity index (χ3n) is 18.5. The van der Waals surface area contributed by atoms with E-state index in [4.69, 9.17) is 9.47 Å². The Labute approximate surface area is 550 Å². The Hall–Kier alpha value is -8.60. The van der Waals surface area contributed by atoms with Crippen LogP contribution in [0, 0.1) is 0 Å². The monoisotopic (exact) mass is 1210 g/mol. The number of nitrogens with zero attached hydrogens (tertiary/aromatic N) is 2. The molecule has 4 heteroatoms. The Morgan fingerprint density at radius 3 is 0.946 bits per heavy atom. The number of para-hydroxylation sites is 3. The molecule has 92 heavy (non-hydrogen) atoms. The summed E-state index contributed by atoms with van der Waals surface area (Å²) in [4.78, 5) is 0. The molecule has 4 nitrogen and oxygen atoms in total. The Balaban J connectivity index is 0.766. The van der Waals surface area contributed by atoms with Gasteiger partial charge in [0.25, 0.3) is 0 Å². The van der Waals surface area contributed by atoms with Crippen molar-refractivity contribution in [2.45, 2.75) is 168 Å². The summed E-state index contributed by atoms with van der Waals surface area (Å²) in [5.41, 5.74) is 16.3. The molecule has 472 valence electrons. The van der Waals surface area contributed by atoms with Gasteiger partial charge in [0.1, 0.15) is 11.5 Å². The zero-order valence-corrected chi connectivity index (χ0v) is 55.2. The molecule has 0 atom stereocenters. The van der Waals surface area contributed by atoms with Gasteiger partial charge < -0.3 is 18.6 Å². The quantitative estimate of drug-likeness (QED) is 0.0287. The van der Waals surface area contributed by atoms with Crippen LogP contribution in [0.4, 0.5) is 0 Å². The topological polar surface area (TPSA) is 28.3 Å². The van der Waals surface area contributed by atoms with Crippen LogP contribution in [-0.4, -0.2) is 22.3 Å². The number of ether oxygens (including phenoxy) is 2. The van der Waals surface area contributed by atoms with E-state index in [2.05, 4.69) is 266 Å². The van der Waals surface area contributed by atoms with Gasteiger partial charge in [-0.2, -0.15) is 0 Å². The molecule has 2 aromatic heterocycles. The van der Waals surface area contributed by atoms with Crippen LogP contribution < -0.4 is 9.47 Å². The summed E-state index contributed by atoms with van der Waals surface area (Å²) in [5, 5.41) is 5.01. The second kappa shape index (κ2) is 34.7. The van der Waals surface area contributed by atoms with Crippen molar-refractivity contribution in [2.24, 2.45) is 0 Å². The van der Waals surface area contributed by atoms with E-state index in [1.165, 1.54) is 196 Å². The van der Waals surface area contributed by atoms with Gasteiger partial charge >= 0.3 is 0 Å². The van der Waals surface area contributed by atoms with Crippen molar-refractivity contribution < 1.29 is 9.47 Å². The number of unbranched alkanes of at least 4 members (excludes halogenated alkanes) is 22. The van der Waals surface area contributed by atoms with E-state index < -0.39 is 0 Å². The molecule has 11 rings (SSSR count). The van der Waals surface area contributed by atoms with Gasteiger partial charge in [0.05, 0.1) is 35.3 Å². The number of benzene rings is 9. The molecule has 0 saturated carbocycles. The maximum Gasteiger partial charge on any atom is 0.119 e. The molecule has 0 saturated heterocycles. The van der Waals surface area contributed by atoms with Crippen LogP contribution in [0.1, 0.15) is 201 Å². The van der Waals surface area contributed by atoms with Crippen molar-refractivity contribution in [2.75, 3.05) is 13.2 Å². The third kappa shape index (κ3) is 18.1. The summed E-state index contributed by atoms with van der Waals surface area (Å²) in [6, 6.07) is 75.1.